The molecular weight excluding hydrogens is 280 g/mol. The molecule has 0 unspecified atom stereocenters. The number of hydrogen-bond donors (Lipinski definition) is 0. The minimum atomic E-state index is 1.04. The highest BCUT2D eigenvalue weighted by molar-refractivity contribution is 6.12. The van der Waals surface area contributed by atoms with Crippen molar-refractivity contribution in [1.82, 2.24) is 4.98 Å². The number of hydrogen-bond acceptors (Lipinski definition) is 1. The van der Waals surface area contributed by atoms with Gasteiger partial charge in [0.2, 0.25) is 0 Å². The fourth-order valence-electron chi connectivity index (χ4n) is 3.36. The molecule has 0 bridgehead atoms. The average molecular weight is 299 g/mol. The maximum atomic E-state index is 4.39. The van der Waals surface area contributed by atoms with E-state index in [1.165, 1.54) is 38.4 Å². The molecule has 0 radical (unpaired) electrons. The zero-order valence-corrected chi connectivity index (χ0v) is 13.7. The Morgan fingerprint density at radius 2 is 1.61 bits per heavy atom. The van der Waals surface area contributed by atoms with Crippen LogP contribution in [0.3, 0.4) is 0 Å². The molecule has 1 heterocycles. The van der Waals surface area contributed by atoms with Crippen molar-refractivity contribution in [2.24, 2.45) is 7.05 Å². The van der Waals surface area contributed by atoms with Crippen LogP contribution in [0.4, 0.5) is 0 Å². The lowest BCUT2D eigenvalue weighted by Gasteiger charge is -2.12. The van der Waals surface area contributed by atoms with Gasteiger partial charge < -0.3 is 0 Å². The largest absolute Gasteiger partial charge is 0.286 e. The van der Waals surface area contributed by atoms with Crippen molar-refractivity contribution in [3.63, 3.8) is 0 Å². The van der Waals surface area contributed by atoms with Crippen LogP contribution in [-0.2, 0) is 7.05 Å². The SMILES string of the molecule is Cc1cc(-c2c(C)ccc3c2ccc2ccccc23)[n+](C)cn1. The minimum Gasteiger partial charge on any atom is -0.232 e. The molecule has 4 rings (SSSR count). The Bertz CT molecular complexity index is 1050. The van der Waals surface area contributed by atoms with Crippen molar-refractivity contribution in [1.29, 1.82) is 0 Å². The van der Waals surface area contributed by atoms with Gasteiger partial charge in [-0.25, -0.2) is 4.57 Å². The number of nitrogens with zero attached hydrogens (tertiary/aromatic N) is 2. The smallest absolute Gasteiger partial charge is 0.232 e. The van der Waals surface area contributed by atoms with E-state index in [9.17, 15) is 0 Å². The van der Waals surface area contributed by atoms with Gasteiger partial charge in [0, 0.05) is 18.6 Å². The average Bonchev–Trinajstić information content (AvgIpc) is 2.57. The van der Waals surface area contributed by atoms with E-state index in [0.717, 1.165) is 5.69 Å². The maximum Gasteiger partial charge on any atom is 0.286 e. The van der Waals surface area contributed by atoms with Gasteiger partial charge in [0.15, 0.2) is 5.69 Å². The van der Waals surface area contributed by atoms with Crippen molar-refractivity contribution >= 4 is 21.5 Å². The van der Waals surface area contributed by atoms with Crippen LogP contribution in [0.5, 0.6) is 0 Å². The molecule has 112 valence electrons. The van der Waals surface area contributed by atoms with E-state index in [1.54, 1.807) is 0 Å². The molecule has 0 saturated heterocycles. The summed E-state index contributed by atoms with van der Waals surface area (Å²) in [6.45, 7) is 4.22. The molecule has 2 nitrogen and oxygen atoms in total. The van der Waals surface area contributed by atoms with Gasteiger partial charge in [0.25, 0.3) is 6.33 Å². The topological polar surface area (TPSA) is 16.8 Å². The molecule has 0 atom stereocenters. The first-order valence-corrected chi connectivity index (χ1v) is 7.89. The number of fused-ring (bicyclic) bond motifs is 3. The van der Waals surface area contributed by atoms with Crippen LogP contribution >= 0.6 is 0 Å². The molecule has 3 aromatic carbocycles. The molecule has 0 aliphatic carbocycles. The van der Waals surface area contributed by atoms with E-state index in [-0.39, 0.29) is 0 Å². The Balaban J connectivity index is 2.16. The highest BCUT2D eigenvalue weighted by atomic mass is 15.0. The Labute approximate surface area is 136 Å². The predicted octanol–water partition coefficient (Wildman–Crippen LogP) is 4.50. The summed E-state index contributed by atoms with van der Waals surface area (Å²) in [5.41, 5.74) is 4.82. The second-order valence-electron chi connectivity index (χ2n) is 6.17. The summed E-state index contributed by atoms with van der Waals surface area (Å²) in [5.74, 6) is 0. The van der Waals surface area contributed by atoms with Gasteiger partial charge in [-0.2, -0.15) is 0 Å². The third-order valence-electron chi connectivity index (χ3n) is 4.55. The van der Waals surface area contributed by atoms with E-state index < -0.39 is 0 Å². The van der Waals surface area contributed by atoms with Gasteiger partial charge in [0.1, 0.15) is 5.69 Å². The monoisotopic (exact) mass is 299 g/mol. The lowest BCUT2D eigenvalue weighted by molar-refractivity contribution is -0.663. The van der Waals surface area contributed by atoms with Crippen LogP contribution in [-0.4, -0.2) is 4.98 Å². The fraction of sp³-hybridized carbons (Fsp3) is 0.143. The zero-order valence-electron chi connectivity index (χ0n) is 13.7. The van der Waals surface area contributed by atoms with E-state index in [2.05, 4.69) is 78.1 Å². The van der Waals surface area contributed by atoms with E-state index in [4.69, 9.17) is 0 Å². The Morgan fingerprint density at radius 3 is 2.48 bits per heavy atom. The second kappa shape index (κ2) is 5.17. The quantitative estimate of drug-likeness (QED) is 0.373. The molecule has 2 heteroatoms. The van der Waals surface area contributed by atoms with E-state index >= 15 is 0 Å². The van der Waals surface area contributed by atoms with Crippen LogP contribution in [0.2, 0.25) is 0 Å². The van der Waals surface area contributed by atoms with E-state index in [0.29, 0.717) is 0 Å². The van der Waals surface area contributed by atoms with Crippen molar-refractivity contribution in [2.45, 2.75) is 13.8 Å². The minimum absolute atomic E-state index is 1.04. The summed E-state index contributed by atoms with van der Waals surface area (Å²) in [7, 11) is 2.06. The molecule has 23 heavy (non-hydrogen) atoms. The second-order valence-corrected chi connectivity index (χ2v) is 6.17. The molecule has 0 fully saturated rings. The summed E-state index contributed by atoms with van der Waals surface area (Å²) in [4.78, 5) is 4.39. The zero-order chi connectivity index (χ0) is 16.0. The molecular formula is C21H19N2+. The lowest BCUT2D eigenvalue weighted by atomic mass is 9.93. The summed E-state index contributed by atoms with van der Waals surface area (Å²) in [6.07, 6.45) is 1.89. The number of aromatic nitrogens is 2. The Hall–Kier alpha value is -2.74. The van der Waals surface area contributed by atoms with Gasteiger partial charge in [-0.3, -0.25) is 0 Å². The van der Waals surface area contributed by atoms with Gasteiger partial charge in [-0.1, -0.05) is 53.5 Å². The third-order valence-corrected chi connectivity index (χ3v) is 4.55. The predicted molar refractivity (Wildman–Crippen MR) is 95.3 cm³/mol. The van der Waals surface area contributed by atoms with Gasteiger partial charge >= 0.3 is 0 Å². The van der Waals surface area contributed by atoms with Gasteiger partial charge in [-0.05, 0) is 34.0 Å². The summed E-state index contributed by atoms with van der Waals surface area (Å²) in [6, 6.07) is 19.7. The maximum absolute atomic E-state index is 4.39. The Morgan fingerprint density at radius 1 is 0.826 bits per heavy atom. The number of aryl methyl sites for hydroxylation is 3. The first kappa shape index (κ1) is 13.9. The normalized spacial score (nSPS) is 11.3. The highest BCUT2D eigenvalue weighted by Crippen LogP contribution is 2.34. The van der Waals surface area contributed by atoms with Crippen molar-refractivity contribution in [2.75, 3.05) is 0 Å². The van der Waals surface area contributed by atoms with Gasteiger partial charge in [-0.15, -0.1) is 0 Å². The third kappa shape index (κ3) is 2.18. The van der Waals surface area contributed by atoms with Crippen LogP contribution in [0.15, 0.2) is 60.9 Å². The Kier molecular flexibility index (Phi) is 3.12. The van der Waals surface area contributed by atoms with Crippen molar-refractivity contribution in [3.05, 3.63) is 72.2 Å². The van der Waals surface area contributed by atoms with Crippen molar-refractivity contribution < 1.29 is 4.57 Å². The number of rotatable bonds is 1. The van der Waals surface area contributed by atoms with Crippen molar-refractivity contribution in [3.8, 4) is 11.3 Å². The summed E-state index contributed by atoms with van der Waals surface area (Å²) >= 11 is 0. The van der Waals surface area contributed by atoms with Crippen LogP contribution < -0.4 is 4.57 Å². The van der Waals surface area contributed by atoms with Crippen LogP contribution in [0.25, 0.3) is 32.8 Å². The fourth-order valence-corrected chi connectivity index (χ4v) is 3.36. The first-order chi connectivity index (χ1) is 11.1. The molecule has 0 aliphatic rings. The molecule has 0 N–H and O–H groups in total. The van der Waals surface area contributed by atoms with E-state index in [1.807, 2.05) is 13.3 Å². The van der Waals surface area contributed by atoms with Crippen LogP contribution in [0.1, 0.15) is 11.3 Å². The lowest BCUT2D eigenvalue weighted by Crippen LogP contribution is -2.31. The molecule has 1 aromatic heterocycles. The van der Waals surface area contributed by atoms with Gasteiger partial charge in [0.05, 0.1) is 7.05 Å². The summed E-state index contributed by atoms with van der Waals surface area (Å²) < 4.78 is 2.10. The standard InChI is InChI=1S/C21H19N2/c1-14-8-10-18-17-7-5-4-6-16(17)9-11-19(18)21(14)20-12-15(2)22-13-23(20)3/h4-13H,1-3H3/q+1. The summed E-state index contributed by atoms with van der Waals surface area (Å²) in [5, 5.41) is 5.19. The first-order valence-electron chi connectivity index (χ1n) is 7.89. The highest BCUT2D eigenvalue weighted by Gasteiger charge is 2.15. The van der Waals surface area contributed by atoms with Crippen LogP contribution in [0, 0.1) is 13.8 Å². The molecule has 0 saturated carbocycles. The molecule has 0 aliphatic heterocycles. The number of benzene rings is 3. The molecule has 0 amide bonds. The molecule has 4 aromatic rings. The molecule has 0 spiro atoms.